The van der Waals surface area contributed by atoms with Crippen molar-refractivity contribution in [3.05, 3.63) is 52.6 Å². The molecule has 6 rings (SSSR count). The second-order valence-electron chi connectivity index (χ2n) is 21.2. The lowest BCUT2D eigenvalue weighted by molar-refractivity contribution is -0.190. The quantitative estimate of drug-likeness (QED) is 0.0655. The summed E-state index contributed by atoms with van der Waals surface area (Å²) in [7, 11) is 0. The van der Waals surface area contributed by atoms with E-state index in [0.717, 1.165) is 63.4 Å². The van der Waals surface area contributed by atoms with Crippen LogP contribution in [0.2, 0.25) is 0 Å². The fourth-order valence-electron chi connectivity index (χ4n) is 10.5. The first-order valence-corrected chi connectivity index (χ1v) is 24.5. The number of epoxide rings is 1. The number of aliphatic hydroxyl groups excluding tert-OH is 1. The van der Waals surface area contributed by atoms with Crippen molar-refractivity contribution in [1.29, 1.82) is 0 Å². The first-order chi connectivity index (χ1) is 30.4. The van der Waals surface area contributed by atoms with E-state index in [1.807, 2.05) is 24.3 Å². The Bertz CT molecular complexity index is 1840. The molecule has 4 fully saturated rings. The summed E-state index contributed by atoms with van der Waals surface area (Å²) in [6.45, 7) is 16.4. The van der Waals surface area contributed by atoms with Crippen LogP contribution >= 0.6 is 0 Å². The van der Waals surface area contributed by atoms with Crippen molar-refractivity contribution in [2.75, 3.05) is 13.2 Å². The minimum absolute atomic E-state index is 0.0324. The molecule has 12 heteroatoms. The smallest absolute Gasteiger partial charge is 0.338 e. The Balaban J connectivity index is 1.11. The van der Waals surface area contributed by atoms with Gasteiger partial charge in [-0.25, -0.2) is 4.79 Å². The molecule has 0 radical (unpaired) electrons. The molecule has 2 saturated carbocycles. The van der Waals surface area contributed by atoms with Gasteiger partial charge in [0.2, 0.25) is 11.8 Å². The van der Waals surface area contributed by atoms with Crippen LogP contribution in [0.3, 0.4) is 0 Å². The number of allylic oxidation sites excluding steroid dienone is 1. The molecule has 1 unspecified atom stereocenters. The number of rotatable bonds is 20. The van der Waals surface area contributed by atoms with E-state index in [1.54, 1.807) is 26.8 Å². The van der Waals surface area contributed by atoms with E-state index < -0.39 is 47.7 Å². The number of amides is 2. The summed E-state index contributed by atoms with van der Waals surface area (Å²) in [6.07, 6.45) is 15.9. The van der Waals surface area contributed by atoms with Gasteiger partial charge in [0, 0.05) is 44.2 Å². The van der Waals surface area contributed by atoms with E-state index in [2.05, 4.69) is 51.3 Å². The third kappa shape index (κ3) is 13.1. The van der Waals surface area contributed by atoms with E-state index in [0.29, 0.717) is 47.3 Å². The van der Waals surface area contributed by atoms with Gasteiger partial charge in [-0.2, -0.15) is 0 Å². The van der Waals surface area contributed by atoms with E-state index in [9.17, 15) is 24.3 Å². The van der Waals surface area contributed by atoms with Crippen molar-refractivity contribution in [2.24, 2.45) is 17.3 Å². The van der Waals surface area contributed by atoms with Crippen LogP contribution in [0.1, 0.15) is 180 Å². The van der Waals surface area contributed by atoms with Gasteiger partial charge in [0.15, 0.2) is 5.79 Å². The molecule has 2 aliphatic heterocycles. The number of ether oxygens (including phenoxy) is 5. The number of nitrogens with one attached hydrogen (secondary N) is 2. The fraction of sp³-hybridized carbons (Fsp3) is 0.731. The fourth-order valence-corrected chi connectivity index (χ4v) is 10.5. The summed E-state index contributed by atoms with van der Waals surface area (Å²) in [4.78, 5) is 52.7. The molecule has 2 heterocycles. The number of hydrogen-bond donors (Lipinski definition) is 3. The van der Waals surface area contributed by atoms with Gasteiger partial charge in [-0.3, -0.25) is 14.4 Å². The highest BCUT2D eigenvalue weighted by molar-refractivity contribution is 5.94. The maximum atomic E-state index is 14.0. The van der Waals surface area contributed by atoms with Gasteiger partial charge in [-0.15, -0.1) is 0 Å². The van der Waals surface area contributed by atoms with Crippen molar-refractivity contribution in [2.45, 2.75) is 212 Å². The summed E-state index contributed by atoms with van der Waals surface area (Å²) >= 11 is 0. The molecule has 2 amide bonds. The lowest BCUT2D eigenvalue weighted by Crippen LogP contribution is -2.45. The number of fused-ring (bicyclic) bond motifs is 3. The third-order valence-corrected chi connectivity index (χ3v) is 14.3. The second kappa shape index (κ2) is 21.4. The van der Waals surface area contributed by atoms with E-state index in [4.69, 9.17) is 23.7 Å². The van der Waals surface area contributed by atoms with E-state index in [1.165, 1.54) is 18.4 Å². The summed E-state index contributed by atoms with van der Waals surface area (Å²) in [5, 5.41) is 15.4. The number of hydrogen-bond acceptors (Lipinski definition) is 10. The number of carbonyl (C=O) groups excluding carboxylic acids is 4. The zero-order valence-corrected chi connectivity index (χ0v) is 40.1. The first kappa shape index (κ1) is 49.8. The van der Waals surface area contributed by atoms with Crippen LogP contribution in [-0.4, -0.2) is 89.5 Å². The number of aliphatic hydroxyl groups is 1. The maximum Gasteiger partial charge on any atom is 0.338 e. The van der Waals surface area contributed by atoms with Gasteiger partial charge in [0.05, 0.1) is 29.9 Å². The van der Waals surface area contributed by atoms with Crippen molar-refractivity contribution in [3.63, 3.8) is 0 Å². The highest BCUT2D eigenvalue weighted by Crippen LogP contribution is 2.60. The molecule has 356 valence electrons. The highest BCUT2D eigenvalue weighted by Gasteiger charge is 2.56. The Morgan fingerprint density at radius 1 is 0.938 bits per heavy atom. The first-order valence-electron chi connectivity index (χ1n) is 24.5. The molecule has 8 atom stereocenters. The van der Waals surface area contributed by atoms with Crippen LogP contribution in [0.25, 0.3) is 6.08 Å². The normalized spacial score (nSPS) is 29.0. The van der Waals surface area contributed by atoms with Gasteiger partial charge in [0.25, 0.3) is 0 Å². The Morgan fingerprint density at radius 3 is 2.28 bits per heavy atom. The van der Waals surface area contributed by atoms with Crippen LogP contribution < -0.4 is 10.6 Å². The molecule has 0 aromatic heterocycles. The van der Waals surface area contributed by atoms with Crippen molar-refractivity contribution in [3.8, 4) is 0 Å². The highest BCUT2D eigenvalue weighted by atomic mass is 16.8. The van der Waals surface area contributed by atoms with Crippen molar-refractivity contribution < 1.29 is 48.0 Å². The van der Waals surface area contributed by atoms with E-state index in [-0.39, 0.29) is 56.3 Å². The molecular weight excluding hydrogens is 813 g/mol. The average molecular weight is 891 g/mol. The molecule has 3 aliphatic carbocycles. The molecule has 5 aliphatic rings. The molecule has 1 aromatic rings. The van der Waals surface area contributed by atoms with Crippen LogP contribution in [0.5, 0.6) is 0 Å². The second-order valence-corrected chi connectivity index (χ2v) is 21.2. The lowest BCUT2D eigenvalue weighted by atomic mass is 9.52. The van der Waals surface area contributed by atoms with Gasteiger partial charge in [-0.1, -0.05) is 77.2 Å². The number of benzene rings is 1. The predicted molar refractivity (Wildman–Crippen MR) is 246 cm³/mol. The molecule has 2 saturated heterocycles. The lowest BCUT2D eigenvalue weighted by Gasteiger charge is -2.53. The van der Waals surface area contributed by atoms with Crippen molar-refractivity contribution in [1.82, 2.24) is 10.6 Å². The molecule has 0 bridgehead atoms. The molecular formula is C52H78N2O10. The standard InChI is InChI=1S/C52H78N2O10/c1-9-11-13-25-52(26-14-12-10-2)61-42-31-37(47(58)53-28-24-44(56)54-38(33-55)20-22-45(57)63-49(3,4)5)30-41(46(42)64-52)60-48(59)35-17-15-34(16-18-35)29-36-19-21-43-51(8,62-43)27-23-40-39(36)32-50(40,6)7/h15-18,29,31,38-43,46,55H,9-14,19-28,30,32-33H2,1-8H3,(H,53,58)(H,54,56)/t38-,39+,40+,41+,42+,43?,46-,51+/m0/s1. The zero-order valence-electron chi connectivity index (χ0n) is 40.1. The number of esters is 2. The Kier molecular flexibility index (Phi) is 16.6. The van der Waals surface area contributed by atoms with Crippen molar-refractivity contribution >= 4 is 29.8 Å². The number of unbranched alkanes of at least 4 members (excludes halogenated alkanes) is 4. The van der Waals surface area contributed by atoms with Crippen LogP contribution in [-0.2, 0) is 38.1 Å². The SMILES string of the molecule is CCCCCC1(CCCCC)O[C@@H]2[C@@H](C=C(C(=O)NCCC(=O)N[C@H](CO)CCC(=O)OC(C)(C)C)C[C@H]2OC(=O)c2ccc(C=C3CCC4O[C@]4(C)CC[C@@H]4[C@@H]3CC4(C)C)cc2)O1. The monoisotopic (exact) mass is 891 g/mol. The van der Waals surface area contributed by atoms with Crippen LogP contribution in [0, 0.1) is 17.3 Å². The molecule has 3 N–H and O–H groups in total. The van der Waals surface area contributed by atoms with E-state index >= 15 is 0 Å². The summed E-state index contributed by atoms with van der Waals surface area (Å²) in [5.74, 6) is -1.29. The van der Waals surface area contributed by atoms with Gasteiger partial charge < -0.3 is 39.4 Å². The van der Waals surface area contributed by atoms with Gasteiger partial charge in [0.1, 0.15) is 23.9 Å². The summed E-state index contributed by atoms with van der Waals surface area (Å²) < 4.78 is 31.4. The Labute approximate surface area is 382 Å². The molecule has 64 heavy (non-hydrogen) atoms. The third-order valence-electron chi connectivity index (χ3n) is 14.3. The van der Waals surface area contributed by atoms with Gasteiger partial charge >= 0.3 is 11.9 Å². The minimum atomic E-state index is -0.846. The average Bonchev–Trinajstić information content (AvgIpc) is 3.71. The van der Waals surface area contributed by atoms with Gasteiger partial charge in [-0.05, 0) is 120 Å². The number of carbonyl (C=O) groups is 4. The predicted octanol–water partition coefficient (Wildman–Crippen LogP) is 9.07. The van der Waals surface area contributed by atoms with Crippen LogP contribution in [0.15, 0.2) is 41.5 Å². The minimum Gasteiger partial charge on any atom is -0.460 e. The zero-order chi connectivity index (χ0) is 46.3. The molecule has 0 spiro atoms. The van der Waals surface area contributed by atoms with Crippen LogP contribution in [0.4, 0.5) is 0 Å². The largest absolute Gasteiger partial charge is 0.460 e. The summed E-state index contributed by atoms with van der Waals surface area (Å²) in [5.41, 5.74) is 3.10. The maximum absolute atomic E-state index is 14.0. The topological polar surface area (TPSA) is 162 Å². The molecule has 1 aromatic carbocycles. The molecule has 12 nitrogen and oxygen atoms in total. The Morgan fingerprint density at radius 2 is 1.64 bits per heavy atom. The Hall–Kier alpha value is -3.58. The summed E-state index contributed by atoms with van der Waals surface area (Å²) in [6, 6.07) is 7.02.